The Kier molecular flexibility index (Phi) is 66.9. The summed E-state index contributed by atoms with van der Waals surface area (Å²) in [7, 11) is 0. The third-order valence-corrected chi connectivity index (χ3v) is 17.1. The third-order valence-electron chi connectivity index (χ3n) is 17.1. The predicted octanol–water partition coefficient (Wildman–Crippen LogP) is 23.1. The minimum Gasteiger partial charge on any atom is -0.466 e. The Hall–Kier alpha value is -1.40. The number of esters is 1. The molecule has 6 nitrogen and oxygen atoms in total. The van der Waals surface area contributed by atoms with Crippen molar-refractivity contribution in [3.8, 4) is 0 Å². The van der Waals surface area contributed by atoms with E-state index in [0.29, 0.717) is 25.9 Å². The fraction of sp³-hybridized carbons (Fsp3) is 0.944. The zero-order valence-electron chi connectivity index (χ0n) is 53.2. The Morgan fingerprint density at radius 2 is 0.603 bits per heavy atom. The molecular formula is C72H141NO5. The number of rotatable bonds is 68. The van der Waals surface area contributed by atoms with Crippen molar-refractivity contribution in [1.29, 1.82) is 0 Å². The summed E-state index contributed by atoms with van der Waals surface area (Å²) in [5.74, 6) is -0.0138. The molecule has 0 spiro atoms. The van der Waals surface area contributed by atoms with Crippen molar-refractivity contribution in [2.24, 2.45) is 0 Å². The molecule has 0 radical (unpaired) electrons. The van der Waals surface area contributed by atoms with Gasteiger partial charge in [-0.15, -0.1) is 0 Å². The average molecular weight is 1100 g/mol. The number of hydrogen-bond donors (Lipinski definition) is 3. The summed E-state index contributed by atoms with van der Waals surface area (Å²) in [6, 6.07) is -0.542. The minimum atomic E-state index is -0.665. The smallest absolute Gasteiger partial charge is 0.305 e. The van der Waals surface area contributed by atoms with Crippen LogP contribution < -0.4 is 5.32 Å². The van der Waals surface area contributed by atoms with Crippen LogP contribution in [0.3, 0.4) is 0 Å². The lowest BCUT2D eigenvalue weighted by atomic mass is 10.0. The van der Waals surface area contributed by atoms with Crippen LogP contribution in [0.15, 0.2) is 12.2 Å². The van der Waals surface area contributed by atoms with Crippen LogP contribution >= 0.6 is 0 Å². The van der Waals surface area contributed by atoms with E-state index in [0.717, 1.165) is 38.5 Å². The van der Waals surface area contributed by atoms with Gasteiger partial charge in [0.05, 0.1) is 25.4 Å². The molecule has 0 saturated carbocycles. The maximum absolute atomic E-state index is 12.6. The van der Waals surface area contributed by atoms with E-state index >= 15 is 0 Å². The third kappa shape index (κ3) is 63.8. The molecule has 464 valence electrons. The number of hydrogen-bond acceptors (Lipinski definition) is 5. The number of aliphatic hydroxyl groups excluding tert-OH is 2. The Morgan fingerprint density at radius 1 is 0.346 bits per heavy atom. The van der Waals surface area contributed by atoms with Crippen molar-refractivity contribution in [3.05, 3.63) is 12.2 Å². The fourth-order valence-electron chi connectivity index (χ4n) is 11.6. The number of unbranched alkanes of at least 4 members (excludes halogenated alkanes) is 55. The monoisotopic (exact) mass is 1100 g/mol. The minimum absolute atomic E-state index is 0.0169. The summed E-state index contributed by atoms with van der Waals surface area (Å²) in [6.45, 7) is 5.00. The molecule has 6 heteroatoms. The van der Waals surface area contributed by atoms with E-state index in [1.165, 1.54) is 340 Å². The highest BCUT2D eigenvalue weighted by molar-refractivity contribution is 5.76. The Morgan fingerprint density at radius 3 is 0.910 bits per heavy atom. The van der Waals surface area contributed by atoms with Gasteiger partial charge in [0.15, 0.2) is 0 Å². The molecule has 3 N–H and O–H groups in total. The number of amides is 1. The molecular weight excluding hydrogens is 959 g/mol. The van der Waals surface area contributed by atoms with Gasteiger partial charge < -0.3 is 20.3 Å². The SMILES string of the molecule is CCCCCCCCCCCCCCCCCCCCCCCCC(O)C(CO)NC(=O)CCCCCCCCCCCCC/C=C\CCCCCCCCCCCCCCOC(=O)CCCCCCCCCCCCCC. The van der Waals surface area contributed by atoms with Gasteiger partial charge in [0.25, 0.3) is 0 Å². The molecule has 0 aliphatic heterocycles. The molecule has 2 atom stereocenters. The maximum Gasteiger partial charge on any atom is 0.305 e. The van der Waals surface area contributed by atoms with E-state index in [1.54, 1.807) is 0 Å². The molecule has 1 amide bonds. The second-order valence-electron chi connectivity index (χ2n) is 24.9. The molecule has 0 aromatic carbocycles. The first-order valence-electron chi connectivity index (χ1n) is 35.9. The highest BCUT2D eigenvalue weighted by Crippen LogP contribution is 2.19. The van der Waals surface area contributed by atoms with Crippen molar-refractivity contribution in [1.82, 2.24) is 5.32 Å². The van der Waals surface area contributed by atoms with Gasteiger partial charge in [-0.2, -0.15) is 0 Å². The molecule has 0 aromatic heterocycles. The number of allylic oxidation sites excluding steroid dienone is 2. The van der Waals surface area contributed by atoms with E-state index in [4.69, 9.17) is 4.74 Å². The van der Waals surface area contributed by atoms with Crippen molar-refractivity contribution in [2.45, 2.75) is 424 Å². The second kappa shape index (κ2) is 68.1. The average Bonchev–Trinajstić information content (AvgIpc) is 3.44. The van der Waals surface area contributed by atoms with E-state index in [9.17, 15) is 19.8 Å². The molecule has 0 aliphatic rings. The first kappa shape index (κ1) is 76.6. The predicted molar refractivity (Wildman–Crippen MR) is 343 cm³/mol. The number of nitrogens with one attached hydrogen (secondary N) is 1. The highest BCUT2D eigenvalue weighted by Gasteiger charge is 2.20. The van der Waals surface area contributed by atoms with E-state index in [-0.39, 0.29) is 18.5 Å². The number of aliphatic hydroxyl groups is 2. The largest absolute Gasteiger partial charge is 0.466 e. The summed E-state index contributed by atoms with van der Waals surface area (Å²) in [4.78, 5) is 24.6. The molecule has 0 heterocycles. The molecule has 0 aliphatic carbocycles. The summed E-state index contributed by atoms with van der Waals surface area (Å²) >= 11 is 0. The Balaban J connectivity index is 3.38. The molecule has 2 unspecified atom stereocenters. The van der Waals surface area contributed by atoms with Gasteiger partial charge in [-0.3, -0.25) is 9.59 Å². The molecule has 78 heavy (non-hydrogen) atoms. The number of carbonyl (C=O) groups is 2. The van der Waals surface area contributed by atoms with Crippen molar-refractivity contribution in [3.63, 3.8) is 0 Å². The fourth-order valence-corrected chi connectivity index (χ4v) is 11.6. The van der Waals surface area contributed by atoms with Crippen LogP contribution in [0.5, 0.6) is 0 Å². The van der Waals surface area contributed by atoms with Crippen LogP contribution in [0, 0.1) is 0 Å². The van der Waals surface area contributed by atoms with Crippen LogP contribution in [-0.2, 0) is 14.3 Å². The summed E-state index contributed by atoms with van der Waals surface area (Å²) in [5.41, 5.74) is 0. The topological polar surface area (TPSA) is 95.9 Å². The van der Waals surface area contributed by atoms with Crippen LogP contribution in [-0.4, -0.2) is 47.4 Å². The van der Waals surface area contributed by atoms with Gasteiger partial charge in [-0.25, -0.2) is 0 Å². The van der Waals surface area contributed by atoms with Gasteiger partial charge in [0, 0.05) is 12.8 Å². The Labute approximate surface area is 489 Å². The highest BCUT2D eigenvalue weighted by atomic mass is 16.5. The summed E-state index contributed by atoms with van der Waals surface area (Å²) in [6.07, 6.45) is 84.1. The van der Waals surface area contributed by atoms with E-state index in [1.807, 2.05) is 0 Å². The van der Waals surface area contributed by atoms with Gasteiger partial charge in [0.2, 0.25) is 5.91 Å². The van der Waals surface area contributed by atoms with Crippen molar-refractivity contribution >= 4 is 11.9 Å². The molecule has 0 saturated heterocycles. The maximum atomic E-state index is 12.6. The lowest BCUT2D eigenvalue weighted by Gasteiger charge is -2.22. The lowest BCUT2D eigenvalue weighted by Crippen LogP contribution is -2.45. The summed E-state index contributed by atoms with van der Waals surface area (Å²) < 4.78 is 5.48. The second-order valence-corrected chi connectivity index (χ2v) is 24.9. The standard InChI is InChI=1S/C72H141NO5/c1-3-5-7-9-11-13-15-17-18-19-20-21-29-32-35-38-41-44-48-52-56-60-64-70(75)69(68-74)73-71(76)65-61-57-53-49-45-42-39-36-33-30-27-25-23-22-24-26-28-31-34-37-40-43-47-51-55-59-63-67-78-72(77)66-62-58-54-50-46-16-14-12-10-8-6-4-2/h22-23,69-70,74-75H,3-21,24-68H2,1-2H3,(H,73,76)/b23-22-. The van der Waals surface area contributed by atoms with Gasteiger partial charge in [-0.1, -0.05) is 360 Å². The zero-order valence-corrected chi connectivity index (χ0v) is 53.2. The number of carbonyl (C=O) groups excluding carboxylic acids is 2. The Bertz CT molecular complexity index is 1180. The van der Waals surface area contributed by atoms with E-state index < -0.39 is 12.1 Å². The molecule has 0 aromatic rings. The van der Waals surface area contributed by atoms with E-state index in [2.05, 4.69) is 31.3 Å². The summed E-state index contributed by atoms with van der Waals surface area (Å²) in [5, 5.41) is 23.4. The van der Waals surface area contributed by atoms with Gasteiger partial charge in [-0.05, 0) is 51.4 Å². The molecule has 0 rings (SSSR count). The molecule has 0 fully saturated rings. The molecule has 0 bridgehead atoms. The lowest BCUT2D eigenvalue weighted by molar-refractivity contribution is -0.143. The van der Waals surface area contributed by atoms with Gasteiger partial charge in [0.1, 0.15) is 0 Å². The van der Waals surface area contributed by atoms with Crippen LogP contribution in [0.25, 0.3) is 0 Å². The van der Waals surface area contributed by atoms with Crippen LogP contribution in [0.1, 0.15) is 412 Å². The van der Waals surface area contributed by atoms with Crippen molar-refractivity contribution in [2.75, 3.05) is 13.2 Å². The number of ether oxygens (including phenoxy) is 1. The quantitative estimate of drug-likeness (QED) is 0.0320. The van der Waals surface area contributed by atoms with Crippen LogP contribution in [0.4, 0.5) is 0 Å². The van der Waals surface area contributed by atoms with Crippen LogP contribution in [0.2, 0.25) is 0 Å². The first-order chi connectivity index (χ1) is 38.5. The first-order valence-corrected chi connectivity index (χ1v) is 35.9. The zero-order chi connectivity index (χ0) is 56.4. The normalized spacial score (nSPS) is 12.5. The van der Waals surface area contributed by atoms with Gasteiger partial charge >= 0.3 is 5.97 Å². The van der Waals surface area contributed by atoms with Crippen molar-refractivity contribution < 1.29 is 24.5 Å².